The van der Waals surface area contributed by atoms with Crippen LogP contribution in [0, 0.1) is 0 Å². The van der Waals surface area contributed by atoms with Crippen molar-refractivity contribution >= 4 is 24.2 Å². The average molecular weight is 381 g/mol. The Hall–Kier alpha value is -1.08. The summed E-state index contributed by atoms with van der Waals surface area (Å²) in [4.78, 5) is 7.21. The van der Waals surface area contributed by atoms with Crippen LogP contribution in [0.3, 0.4) is 0 Å². The van der Waals surface area contributed by atoms with Crippen molar-refractivity contribution < 1.29 is 4.52 Å². The van der Waals surface area contributed by atoms with Gasteiger partial charge < -0.3 is 10.3 Å². The lowest BCUT2D eigenvalue weighted by atomic mass is 9.98. The quantitative estimate of drug-likeness (QED) is 0.877. The molecular formula is C18H25ClN4OS. The van der Waals surface area contributed by atoms with Crippen molar-refractivity contribution in [2.24, 2.45) is 5.73 Å². The maximum Gasteiger partial charge on any atom is 0.248 e. The topological polar surface area (TPSA) is 68.2 Å². The van der Waals surface area contributed by atoms with Gasteiger partial charge in [-0.15, -0.1) is 12.4 Å². The largest absolute Gasteiger partial charge is 0.337 e. The van der Waals surface area contributed by atoms with Crippen molar-refractivity contribution in [3.8, 4) is 0 Å². The van der Waals surface area contributed by atoms with Gasteiger partial charge in [0.05, 0.1) is 5.54 Å². The number of hydrogen-bond acceptors (Lipinski definition) is 6. The monoisotopic (exact) mass is 380 g/mol. The van der Waals surface area contributed by atoms with Crippen LogP contribution in [-0.4, -0.2) is 39.6 Å². The first-order valence-electron chi connectivity index (χ1n) is 8.76. The Morgan fingerprint density at radius 1 is 1.12 bits per heavy atom. The summed E-state index contributed by atoms with van der Waals surface area (Å²) in [6, 6.07) is 10.5. The number of nitrogens with two attached hydrogens (primary N) is 1. The second-order valence-electron chi connectivity index (χ2n) is 6.78. The summed E-state index contributed by atoms with van der Waals surface area (Å²) < 4.78 is 5.72. The Morgan fingerprint density at radius 2 is 1.80 bits per heavy atom. The molecule has 25 heavy (non-hydrogen) atoms. The number of nitrogens with zero attached hydrogens (tertiary/aromatic N) is 3. The van der Waals surface area contributed by atoms with Gasteiger partial charge in [-0.25, -0.2) is 0 Å². The third-order valence-electron chi connectivity index (χ3n) is 5.14. The molecule has 1 saturated carbocycles. The molecule has 7 heteroatoms. The van der Waals surface area contributed by atoms with Crippen LogP contribution in [0.2, 0.25) is 0 Å². The van der Waals surface area contributed by atoms with Gasteiger partial charge in [0.1, 0.15) is 6.04 Å². The molecule has 2 N–H and O–H groups in total. The molecule has 1 aromatic carbocycles. The molecule has 1 atom stereocenters. The molecule has 2 aliphatic rings. The zero-order valence-corrected chi connectivity index (χ0v) is 15.9. The number of halogens is 1. The van der Waals surface area contributed by atoms with Crippen molar-refractivity contribution in [1.82, 2.24) is 15.0 Å². The summed E-state index contributed by atoms with van der Waals surface area (Å²) in [7, 11) is 0. The van der Waals surface area contributed by atoms with Crippen LogP contribution < -0.4 is 5.73 Å². The third kappa shape index (κ3) is 3.87. The van der Waals surface area contributed by atoms with Crippen molar-refractivity contribution in [3.05, 3.63) is 47.6 Å². The van der Waals surface area contributed by atoms with Crippen LogP contribution in [0.4, 0.5) is 0 Å². The third-order valence-corrected chi connectivity index (χ3v) is 6.09. The normalized spacial score (nSPS) is 21.6. The summed E-state index contributed by atoms with van der Waals surface area (Å²) >= 11 is 2.00. The molecule has 1 aliphatic heterocycles. The van der Waals surface area contributed by atoms with E-state index in [9.17, 15) is 0 Å². The number of rotatable bonds is 4. The van der Waals surface area contributed by atoms with Gasteiger partial charge in [-0.05, 0) is 18.4 Å². The van der Waals surface area contributed by atoms with E-state index in [1.54, 1.807) is 0 Å². The first-order chi connectivity index (χ1) is 11.8. The highest BCUT2D eigenvalue weighted by atomic mass is 35.5. The maximum atomic E-state index is 6.51. The molecule has 2 aromatic rings. The van der Waals surface area contributed by atoms with Crippen LogP contribution in [0.25, 0.3) is 0 Å². The Labute approximate surface area is 159 Å². The molecule has 2 fully saturated rings. The minimum atomic E-state index is -0.402. The molecule has 1 aliphatic carbocycles. The predicted molar refractivity (Wildman–Crippen MR) is 103 cm³/mol. The minimum Gasteiger partial charge on any atom is -0.337 e. The summed E-state index contributed by atoms with van der Waals surface area (Å²) in [6.45, 7) is 2.07. The van der Waals surface area contributed by atoms with Crippen molar-refractivity contribution in [3.63, 3.8) is 0 Å². The van der Waals surface area contributed by atoms with E-state index in [-0.39, 0.29) is 18.4 Å². The molecule has 136 valence electrons. The van der Waals surface area contributed by atoms with Crippen molar-refractivity contribution in [2.45, 2.75) is 37.3 Å². The highest BCUT2D eigenvalue weighted by Crippen LogP contribution is 2.36. The molecule has 5 nitrogen and oxygen atoms in total. The Bertz CT molecular complexity index is 669. The van der Waals surface area contributed by atoms with E-state index in [1.807, 2.05) is 17.8 Å². The lowest BCUT2D eigenvalue weighted by molar-refractivity contribution is 0.203. The highest BCUT2D eigenvalue weighted by Gasteiger charge is 2.37. The second kappa shape index (κ2) is 8.08. The van der Waals surface area contributed by atoms with Gasteiger partial charge in [-0.2, -0.15) is 16.7 Å². The van der Waals surface area contributed by atoms with Crippen LogP contribution in [0.5, 0.6) is 0 Å². The molecule has 0 radical (unpaired) electrons. The Balaban J connectivity index is 0.00000182. The number of benzene rings is 1. The fourth-order valence-electron chi connectivity index (χ4n) is 3.76. The van der Waals surface area contributed by atoms with Crippen molar-refractivity contribution in [1.29, 1.82) is 0 Å². The Kier molecular flexibility index (Phi) is 6.04. The smallest absolute Gasteiger partial charge is 0.248 e. The maximum absolute atomic E-state index is 6.51. The van der Waals surface area contributed by atoms with Gasteiger partial charge >= 0.3 is 0 Å². The molecule has 0 bridgehead atoms. The molecule has 1 unspecified atom stereocenters. The highest BCUT2D eigenvalue weighted by molar-refractivity contribution is 7.99. The molecule has 0 amide bonds. The number of hydrogen-bond donors (Lipinski definition) is 1. The zero-order valence-electron chi connectivity index (χ0n) is 14.3. The van der Waals surface area contributed by atoms with Gasteiger partial charge in [0.2, 0.25) is 5.89 Å². The van der Waals surface area contributed by atoms with Gasteiger partial charge in [0, 0.05) is 24.6 Å². The fraction of sp³-hybridized carbons (Fsp3) is 0.556. The zero-order chi connectivity index (χ0) is 16.4. The summed E-state index contributed by atoms with van der Waals surface area (Å²) in [5.41, 5.74) is 7.31. The second-order valence-corrected chi connectivity index (χ2v) is 8.01. The number of aromatic nitrogens is 2. The molecule has 4 rings (SSSR count). The van der Waals surface area contributed by atoms with Gasteiger partial charge in [0.25, 0.3) is 0 Å². The molecule has 2 heterocycles. The molecule has 1 aromatic heterocycles. The van der Waals surface area contributed by atoms with Crippen LogP contribution in [0.1, 0.15) is 49.0 Å². The van der Waals surface area contributed by atoms with Gasteiger partial charge in [0.15, 0.2) is 5.82 Å². The van der Waals surface area contributed by atoms with E-state index in [0.29, 0.717) is 11.7 Å². The SMILES string of the molecule is Cl.NC1(c2noc(C(c3ccccc3)N3CCSCC3)n2)CCCC1. The first kappa shape index (κ1) is 18.7. The van der Waals surface area contributed by atoms with E-state index in [1.165, 1.54) is 5.56 Å². The summed E-state index contributed by atoms with van der Waals surface area (Å²) in [5.74, 6) is 3.65. The van der Waals surface area contributed by atoms with Gasteiger partial charge in [-0.1, -0.05) is 48.3 Å². The predicted octanol–water partition coefficient (Wildman–Crippen LogP) is 3.36. The van der Waals surface area contributed by atoms with Crippen LogP contribution in [-0.2, 0) is 5.54 Å². The van der Waals surface area contributed by atoms with E-state index < -0.39 is 5.54 Å². The van der Waals surface area contributed by atoms with E-state index >= 15 is 0 Å². The average Bonchev–Trinajstić information content (AvgIpc) is 3.28. The van der Waals surface area contributed by atoms with Crippen LogP contribution >= 0.6 is 24.2 Å². The van der Waals surface area contributed by atoms with E-state index in [0.717, 1.165) is 50.3 Å². The first-order valence-corrected chi connectivity index (χ1v) is 9.91. The lowest BCUT2D eigenvalue weighted by Gasteiger charge is -2.32. The van der Waals surface area contributed by atoms with E-state index in [4.69, 9.17) is 15.2 Å². The van der Waals surface area contributed by atoms with Crippen molar-refractivity contribution in [2.75, 3.05) is 24.6 Å². The summed E-state index contributed by atoms with van der Waals surface area (Å²) in [6.07, 6.45) is 4.18. The molecular weight excluding hydrogens is 356 g/mol. The van der Waals surface area contributed by atoms with Crippen LogP contribution in [0.15, 0.2) is 34.9 Å². The molecule has 1 saturated heterocycles. The Morgan fingerprint density at radius 3 is 2.48 bits per heavy atom. The van der Waals surface area contributed by atoms with E-state index in [2.05, 4.69) is 34.3 Å². The van der Waals surface area contributed by atoms with Gasteiger partial charge in [-0.3, -0.25) is 4.90 Å². The fourth-order valence-corrected chi connectivity index (χ4v) is 4.69. The standard InChI is InChI=1S/C18H24N4OS.ClH/c19-18(8-4-5-9-18)17-20-16(23-21-17)15(14-6-2-1-3-7-14)22-10-12-24-13-11-22;/h1-3,6-7,15H,4-5,8-13,19H2;1H. The summed E-state index contributed by atoms with van der Waals surface area (Å²) in [5, 5.41) is 4.27. The molecule has 0 spiro atoms. The minimum absolute atomic E-state index is 0. The number of thioether (sulfide) groups is 1. The lowest BCUT2D eigenvalue weighted by Crippen LogP contribution is -2.37.